The maximum absolute atomic E-state index is 5.47. The van der Waals surface area contributed by atoms with Crippen LogP contribution in [0.5, 0.6) is 5.75 Å². The largest absolute Gasteiger partial charge is 0.494 e. The lowest BCUT2D eigenvalue weighted by molar-refractivity contribution is 0.340. The molecule has 1 fully saturated rings. The van der Waals surface area contributed by atoms with E-state index in [4.69, 9.17) is 4.74 Å². The van der Waals surface area contributed by atoms with Gasteiger partial charge >= 0.3 is 0 Å². The molecular weight excluding hydrogens is 354 g/mol. The fourth-order valence-corrected chi connectivity index (χ4v) is 3.11. The Bertz CT molecular complexity index is 881. The molecule has 0 amide bonds. The maximum Gasteiger partial charge on any atom is 0.229 e. The molecule has 0 bridgehead atoms. The minimum absolute atomic E-state index is 0.579. The third-order valence-corrected chi connectivity index (χ3v) is 4.50. The van der Waals surface area contributed by atoms with Crippen molar-refractivity contribution in [2.75, 3.05) is 47.9 Å². The number of piperazine rings is 1. The van der Waals surface area contributed by atoms with Crippen molar-refractivity contribution in [3.63, 3.8) is 0 Å². The molecule has 0 spiro atoms. The zero-order chi connectivity index (χ0) is 19.2. The summed E-state index contributed by atoms with van der Waals surface area (Å²) in [6, 6.07) is 11.6. The zero-order valence-corrected chi connectivity index (χ0v) is 15.8. The molecule has 1 aliphatic heterocycles. The van der Waals surface area contributed by atoms with Crippen LogP contribution in [0.2, 0.25) is 0 Å². The fraction of sp³-hybridized carbons (Fsp3) is 0.300. The smallest absolute Gasteiger partial charge is 0.229 e. The highest BCUT2D eigenvalue weighted by atomic mass is 16.5. The summed E-state index contributed by atoms with van der Waals surface area (Å²) in [6.45, 7) is 6.06. The number of benzene rings is 1. The zero-order valence-electron chi connectivity index (χ0n) is 15.8. The number of anilines is 4. The molecular formula is C20H23N7O. The van der Waals surface area contributed by atoms with Crippen LogP contribution in [0, 0.1) is 0 Å². The van der Waals surface area contributed by atoms with E-state index in [0.717, 1.165) is 49.4 Å². The predicted octanol–water partition coefficient (Wildman–Crippen LogP) is 2.74. The Hall–Kier alpha value is -3.42. The number of nitrogens with zero attached hydrogens (tertiary/aromatic N) is 6. The van der Waals surface area contributed by atoms with Crippen LogP contribution < -0.4 is 19.9 Å². The number of rotatable bonds is 6. The molecule has 8 nitrogen and oxygen atoms in total. The summed E-state index contributed by atoms with van der Waals surface area (Å²) in [7, 11) is 0. The molecule has 8 heteroatoms. The van der Waals surface area contributed by atoms with Gasteiger partial charge in [0, 0.05) is 50.5 Å². The van der Waals surface area contributed by atoms with Gasteiger partial charge in [0.05, 0.1) is 6.61 Å². The molecule has 0 aliphatic carbocycles. The van der Waals surface area contributed by atoms with E-state index < -0.39 is 0 Å². The second-order valence-corrected chi connectivity index (χ2v) is 6.34. The molecule has 3 aromatic rings. The maximum atomic E-state index is 5.47. The summed E-state index contributed by atoms with van der Waals surface area (Å²) < 4.78 is 5.47. The van der Waals surface area contributed by atoms with Gasteiger partial charge in [0.25, 0.3) is 0 Å². The highest BCUT2D eigenvalue weighted by molar-refractivity contribution is 5.56. The van der Waals surface area contributed by atoms with Crippen LogP contribution >= 0.6 is 0 Å². The van der Waals surface area contributed by atoms with Gasteiger partial charge in [0.15, 0.2) is 0 Å². The summed E-state index contributed by atoms with van der Waals surface area (Å²) in [5.41, 5.74) is 0.923. The molecule has 0 unspecified atom stereocenters. The van der Waals surface area contributed by atoms with E-state index in [-0.39, 0.29) is 0 Å². The molecule has 0 radical (unpaired) electrons. The van der Waals surface area contributed by atoms with Crippen molar-refractivity contribution in [3.8, 4) is 5.75 Å². The van der Waals surface area contributed by atoms with Gasteiger partial charge in [-0.3, -0.25) is 0 Å². The lowest BCUT2D eigenvalue weighted by atomic mass is 10.3. The van der Waals surface area contributed by atoms with E-state index >= 15 is 0 Å². The van der Waals surface area contributed by atoms with Gasteiger partial charge in [0.2, 0.25) is 11.9 Å². The normalized spacial score (nSPS) is 14.0. The third-order valence-electron chi connectivity index (χ3n) is 4.50. The molecule has 144 valence electrons. The summed E-state index contributed by atoms with van der Waals surface area (Å²) in [6.07, 6.45) is 5.34. The Labute approximate surface area is 164 Å². The minimum Gasteiger partial charge on any atom is -0.494 e. The van der Waals surface area contributed by atoms with E-state index in [9.17, 15) is 0 Å². The van der Waals surface area contributed by atoms with Crippen LogP contribution in [-0.2, 0) is 0 Å². The molecule has 2 aromatic heterocycles. The molecule has 0 atom stereocenters. The van der Waals surface area contributed by atoms with Crippen LogP contribution in [0.3, 0.4) is 0 Å². The number of aromatic nitrogens is 4. The van der Waals surface area contributed by atoms with Gasteiger partial charge in [-0.15, -0.1) is 0 Å². The van der Waals surface area contributed by atoms with Crippen LogP contribution in [0.4, 0.5) is 23.4 Å². The van der Waals surface area contributed by atoms with Gasteiger partial charge in [-0.1, -0.05) is 0 Å². The average Bonchev–Trinajstić information content (AvgIpc) is 2.76. The fourth-order valence-electron chi connectivity index (χ4n) is 3.11. The van der Waals surface area contributed by atoms with Gasteiger partial charge < -0.3 is 19.9 Å². The molecule has 1 aromatic carbocycles. The van der Waals surface area contributed by atoms with E-state index in [1.165, 1.54) is 0 Å². The molecule has 1 saturated heterocycles. The van der Waals surface area contributed by atoms with Gasteiger partial charge in [-0.25, -0.2) is 15.0 Å². The molecule has 0 saturated carbocycles. The van der Waals surface area contributed by atoms with E-state index in [2.05, 4.69) is 35.1 Å². The summed E-state index contributed by atoms with van der Waals surface area (Å²) >= 11 is 0. The van der Waals surface area contributed by atoms with Crippen molar-refractivity contribution in [2.45, 2.75) is 6.92 Å². The van der Waals surface area contributed by atoms with Crippen molar-refractivity contribution < 1.29 is 4.74 Å². The molecule has 28 heavy (non-hydrogen) atoms. The standard InChI is InChI=1S/C20H23N7O/c1-2-28-17-6-4-16(5-7-17)24-19-21-11-8-18(25-19)26-12-14-27(15-13-26)20-22-9-3-10-23-20/h3-11H,2,12-15H2,1H3,(H,21,24,25). The van der Waals surface area contributed by atoms with Crippen molar-refractivity contribution in [3.05, 3.63) is 55.0 Å². The number of hydrogen-bond acceptors (Lipinski definition) is 8. The first kappa shape index (κ1) is 18.0. The van der Waals surface area contributed by atoms with Crippen LogP contribution in [0.15, 0.2) is 55.0 Å². The van der Waals surface area contributed by atoms with Gasteiger partial charge in [-0.05, 0) is 43.3 Å². The lowest BCUT2D eigenvalue weighted by Crippen LogP contribution is -2.47. The Morgan fingerprint density at radius 2 is 1.61 bits per heavy atom. The summed E-state index contributed by atoms with van der Waals surface area (Å²) in [5.74, 6) is 3.12. The quantitative estimate of drug-likeness (QED) is 0.702. The topological polar surface area (TPSA) is 79.3 Å². The predicted molar refractivity (Wildman–Crippen MR) is 109 cm³/mol. The first-order valence-corrected chi connectivity index (χ1v) is 9.41. The van der Waals surface area contributed by atoms with Gasteiger partial charge in [-0.2, -0.15) is 4.98 Å². The SMILES string of the molecule is CCOc1ccc(Nc2nccc(N3CCN(c4ncccn4)CC3)n2)cc1. The Kier molecular flexibility index (Phi) is 5.46. The Morgan fingerprint density at radius 1 is 0.893 bits per heavy atom. The number of ether oxygens (including phenoxy) is 1. The average molecular weight is 377 g/mol. The van der Waals surface area contributed by atoms with E-state index in [1.54, 1.807) is 18.6 Å². The van der Waals surface area contributed by atoms with Crippen molar-refractivity contribution in [1.29, 1.82) is 0 Å². The highest BCUT2D eigenvalue weighted by Gasteiger charge is 2.20. The summed E-state index contributed by atoms with van der Waals surface area (Å²) in [4.78, 5) is 22.1. The van der Waals surface area contributed by atoms with Crippen molar-refractivity contribution in [2.24, 2.45) is 0 Å². The first-order valence-electron chi connectivity index (χ1n) is 9.41. The van der Waals surface area contributed by atoms with Gasteiger partial charge in [0.1, 0.15) is 11.6 Å². The molecule has 1 aliphatic rings. The highest BCUT2D eigenvalue weighted by Crippen LogP contribution is 2.21. The van der Waals surface area contributed by atoms with E-state index in [1.807, 2.05) is 43.3 Å². The van der Waals surface area contributed by atoms with Crippen molar-refractivity contribution in [1.82, 2.24) is 19.9 Å². The third kappa shape index (κ3) is 4.28. The van der Waals surface area contributed by atoms with Crippen LogP contribution in [0.1, 0.15) is 6.92 Å². The number of nitrogens with one attached hydrogen (secondary N) is 1. The first-order chi connectivity index (χ1) is 13.8. The monoisotopic (exact) mass is 377 g/mol. The lowest BCUT2D eigenvalue weighted by Gasteiger charge is -2.35. The molecule has 3 heterocycles. The van der Waals surface area contributed by atoms with Crippen LogP contribution in [0.25, 0.3) is 0 Å². The Morgan fingerprint density at radius 3 is 2.32 bits per heavy atom. The minimum atomic E-state index is 0.579. The summed E-state index contributed by atoms with van der Waals surface area (Å²) in [5, 5.41) is 3.25. The molecule has 4 rings (SSSR count). The Balaban J connectivity index is 1.39. The van der Waals surface area contributed by atoms with Crippen molar-refractivity contribution >= 4 is 23.4 Å². The second kappa shape index (κ2) is 8.51. The van der Waals surface area contributed by atoms with Crippen LogP contribution in [-0.4, -0.2) is 52.7 Å². The second-order valence-electron chi connectivity index (χ2n) is 6.34. The number of hydrogen-bond donors (Lipinski definition) is 1. The molecule has 1 N–H and O–H groups in total. The van der Waals surface area contributed by atoms with E-state index in [0.29, 0.717) is 12.6 Å².